The highest BCUT2D eigenvalue weighted by Gasteiger charge is 2.39. The van der Waals surface area contributed by atoms with E-state index in [0.717, 1.165) is 13.0 Å². The number of likely N-dealkylation sites (tertiary alicyclic amines) is 2. The Morgan fingerprint density at radius 2 is 1.50 bits per heavy atom. The Bertz CT molecular complexity index is 1260. The molecule has 0 aromatic rings. The molecule has 50 heavy (non-hydrogen) atoms. The van der Waals surface area contributed by atoms with E-state index in [1.165, 1.54) is 0 Å². The number of hydrogen-bond donors (Lipinski definition) is 6. The van der Waals surface area contributed by atoms with Crippen molar-refractivity contribution in [2.45, 2.75) is 123 Å². The molecule has 2 saturated heterocycles. The van der Waals surface area contributed by atoms with Gasteiger partial charge in [-0.1, -0.05) is 34.3 Å². The molecule has 5 atom stereocenters. The molecule has 4 amide bonds. The standard InChI is InChI=1S/C35H61N9O6/c1-20(2)29(46)19-40-23(7)26-12-9-16-44(26)34(50)24(11-8-14-39-35(37)38)17-28(45)25(18-30(36)47)41-33(49)31(21(3)4)42-32(48)27-13-10-15-43(27)22(5)6/h20-22,24-27,31,40H,7-19H2,1-6H3,(H2,36,47)(H,41,49)(H,42,48)(H4,37,38,39)/t24-,25+,26+,27+,31+/m1/s1. The van der Waals surface area contributed by atoms with Crippen molar-refractivity contribution in [1.29, 1.82) is 0 Å². The van der Waals surface area contributed by atoms with Gasteiger partial charge in [0.2, 0.25) is 23.6 Å². The minimum absolute atomic E-state index is 0.0168. The number of amides is 4. The summed E-state index contributed by atoms with van der Waals surface area (Å²) in [6, 6.07) is -2.86. The summed E-state index contributed by atoms with van der Waals surface area (Å²) in [5.41, 5.74) is 17.0. The monoisotopic (exact) mass is 703 g/mol. The van der Waals surface area contributed by atoms with Gasteiger partial charge >= 0.3 is 0 Å². The van der Waals surface area contributed by atoms with Gasteiger partial charge in [-0.05, 0) is 64.8 Å². The zero-order valence-electron chi connectivity index (χ0n) is 30.8. The van der Waals surface area contributed by atoms with Gasteiger partial charge in [-0.2, -0.15) is 0 Å². The van der Waals surface area contributed by atoms with Gasteiger partial charge in [0.15, 0.2) is 17.5 Å². The van der Waals surface area contributed by atoms with E-state index < -0.39 is 42.0 Å². The summed E-state index contributed by atoms with van der Waals surface area (Å²) >= 11 is 0. The lowest BCUT2D eigenvalue weighted by Gasteiger charge is -2.31. The van der Waals surface area contributed by atoms with Crippen LogP contribution in [0.15, 0.2) is 17.3 Å². The molecule has 0 aliphatic carbocycles. The molecule has 9 N–H and O–H groups in total. The third-order valence-electron chi connectivity index (χ3n) is 9.49. The number of rotatable bonds is 21. The van der Waals surface area contributed by atoms with E-state index in [4.69, 9.17) is 17.2 Å². The van der Waals surface area contributed by atoms with Crippen molar-refractivity contribution < 1.29 is 28.8 Å². The number of nitrogens with two attached hydrogens (primary N) is 3. The first-order valence-electron chi connectivity index (χ1n) is 17.9. The van der Waals surface area contributed by atoms with Crippen LogP contribution in [0.25, 0.3) is 0 Å². The predicted molar refractivity (Wildman–Crippen MR) is 192 cm³/mol. The van der Waals surface area contributed by atoms with E-state index in [9.17, 15) is 28.8 Å². The summed E-state index contributed by atoms with van der Waals surface area (Å²) in [4.78, 5) is 86.9. The van der Waals surface area contributed by atoms with Crippen LogP contribution in [0.2, 0.25) is 0 Å². The zero-order chi connectivity index (χ0) is 37.7. The van der Waals surface area contributed by atoms with Crippen LogP contribution in [-0.4, -0.2) is 107 Å². The summed E-state index contributed by atoms with van der Waals surface area (Å²) in [5.74, 6) is -3.89. The van der Waals surface area contributed by atoms with Gasteiger partial charge < -0.3 is 38.1 Å². The van der Waals surface area contributed by atoms with Crippen molar-refractivity contribution in [3.8, 4) is 0 Å². The Hall–Kier alpha value is -4.01. The lowest BCUT2D eigenvalue weighted by atomic mass is 9.91. The summed E-state index contributed by atoms with van der Waals surface area (Å²) in [5, 5.41) is 8.61. The summed E-state index contributed by atoms with van der Waals surface area (Å²) in [7, 11) is 0. The number of aliphatic imine (C=N–C) groups is 1. The fourth-order valence-corrected chi connectivity index (χ4v) is 6.57. The van der Waals surface area contributed by atoms with Gasteiger partial charge in [-0.3, -0.25) is 38.7 Å². The van der Waals surface area contributed by atoms with E-state index in [-0.39, 0.29) is 79.4 Å². The quantitative estimate of drug-likeness (QED) is 0.0544. The molecular weight excluding hydrogens is 642 g/mol. The molecule has 0 aromatic carbocycles. The molecule has 0 saturated carbocycles. The lowest BCUT2D eigenvalue weighted by Crippen LogP contribution is -2.57. The van der Waals surface area contributed by atoms with Gasteiger partial charge in [0, 0.05) is 43.1 Å². The van der Waals surface area contributed by atoms with Gasteiger partial charge in [0.1, 0.15) is 6.04 Å². The number of nitrogens with zero attached hydrogens (tertiary/aromatic N) is 3. The van der Waals surface area contributed by atoms with Crippen molar-refractivity contribution in [2.24, 2.45) is 39.9 Å². The third-order valence-corrected chi connectivity index (χ3v) is 9.49. The average Bonchev–Trinajstić information content (AvgIpc) is 3.73. The first-order chi connectivity index (χ1) is 23.4. The highest BCUT2D eigenvalue weighted by atomic mass is 16.2. The van der Waals surface area contributed by atoms with Crippen LogP contribution in [0.1, 0.15) is 92.9 Å². The number of hydrogen-bond acceptors (Lipinski definition) is 9. The van der Waals surface area contributed by atoms with Crippen molar-refractivity contribution >= 4 is 41.2 Å². The number of carbonyl (C=O) groups is 6. The number of primary amides is 1. The fourth-order valence-electron chi connectivity index (χ4n) is 6.57. The predicted octanol–water partition coefficient (Wildman–Crippen LogP) is 0.309. The van der Waals surface area contributed by atoms with E-state index in [1.54, 1.807) is 18.7 Å². The molecule has 2 fully saturated rings. The maximum absolute atomic E-state index is 14.1. The maximum Gasteiger partial charge on any atom is 0.243 e. The molecule has 0 spiro atoms. The Morgan fingerprint density at radius 3 is 2.08 bits per heavy atom. The lowest BCUT2D eigenvalue weighted by molar-refractivity contribution is -0.139. The molecule has 15 heteroatoms. The molecule has 282 valence electrons. The van der Waals surface area contributed by atoms with Gasteiger partial charge in [0.25, 0.3) is 0 Å². The summed E-state index contributed by atoms with van der Waals surface area (Å²) in [6.07, 6.45) is 2.79. The van der Waals surface area contributed by atoms with Crippen LogP contribution in [-0.2, 0) is 28.8 Å². The fraction of sp³-hybridized carbons (Fsp3) is 0.743. The Morgan fingerprint density at radius 1 is 0.860 bits per heavy atom. The Balaban J connectivity index is 2.25. The van der Waals surface area contributed by atoms with Crippen LogP contribution < -0.4 is 33.2 Å². The first kappa shape index (κ1) is 42.2. The molecule has 0 bridgehead atoms. The topological polar surface area (TPSA) is 235 Å². The van der Waals surface area contributed by atoms with Crippen molar-refractivity contribution in [2.75, 3.05) is 26.2 Å². The molecule has 15 nitrogen and oxygen atoms in total. The molecule has 2 rings (SSSR count). The minimum Gasteiger partial charge on any atom is -0.380 e. The summed E-state index contributed by atoms with van der Waals surface area (Å²) in [6.45, 7) is 16.9. The van der Waals surface area contributed by atoms with Crippen molar-refractivity contribution in [1.82, 2.24) is 25.8 Å². The number of ketones is 2. The Labute approximate surface area is 296 Å². The van der Waals surface area contributed by atoms with E-state index >= 15 is 0 Å². The SMILES string of the molecule is C=C(NCC(=O)C(C)C)[C@@H]1CCCN1C(=O)[C@H](CCCN=C(N)N)CC(=O)[C@H](CC(N)=O)NC(=O)[C@@H](NC(=O)[C@@H]1CCCN1C(C)C)C(C)C. The first-order valence-corrected chi connectivity index (χ1v) is 17.9. The smallest absolute Gasteiger partial charge is 0.243 e. The minimum atomic E-state index is -1.31. The second-order valence-corrected chi connectivity index (χ2v) is 14.5. The van der Waals surface area contributed by atoms with Crippen LogP contribution in [0, 0.1) is 17.8 Å². The third kappa shape index (κ3) is 12.7. The van der Waals surface area contributed by atoms with E-state index in [1.807, 2.05) is 27.7 Å². The molecule has 0 aromatic heterocycles. The number of guanidine groups is 1. The second kappa shape index (κ2) is 20.0. The number of Topliss-reactive ketones (excluding diaryl/α,β-unsaturated/α-hetero) is 2. The second-order valence-electron chi connectivity index (χ2n) is 14.5. The number of carbonyl (C=O) groups excluding carboxylic acids is 6. The van der Waals surface area contributed by atoms with E-state index in [2.05, 4.69) is 32.4 Å². The zero-order valence-corrected chi connectivity index (χ0v) is 30.8. The van der Waals surface area contributed by atoms with Crippen LogP contribution in [0.3, 0.4) is 0 Å². The van der Waals surface area contributed by atoms with Crippen LogP contribution in [0.4, 0.5) is 0 Å². The average molecular weight is 704 g/mol. The van der Waals surface area contributed by atoms with Crippen LogP contribution >= 0.6 is 0 Å². The molecule has 2 heterocycles. The largest absolute Gasteiger partial charge is 0.380 e. The molecule has 2 aliphatic rings. The van der Waals surface area contributed by atoms with Crippen LogP contribution in [0.5, 0.6) is 0 Å². The van der Waals surface area contributed by atoms with Gasteiger partial charge in [0.05, 0.1) is 31.1 Å². The van der Waals surface area contributed by atoms with E-state index in [0.29, 0.717) is 37.9 Å². The Kier molecular flexibility index (Phi) is 16.9. The normalized spacial score (nSPS) is 19.6. The highest BCUT2D eigenvalue weighted by molar-refractivity contribution is 5.97. The molecule has 0 unspecified atom stereocenters. The van der Waals surface area contributed by atoms with Gasteiger partial charge in [-0.15, -0.1) is 0 Å². The van der Waals surface area contributed by atoms with Gasteiger partial charge in [-0.25, -0.2) is 0 Å². The molecule has 2 aliphatic heterocycles. The maximum atomic E-state index is 14.1. The summed E-state index contributed by atoms with van der Waals surface area (Å²) < 4.78 is 0. The van der Waals surface area contributed by atoms with Crippen molar-refractivity contribution in [3.63, 3.8) is 0 Å². The number of nitrogens with one attached hydrogen (secondary N) is 3. The molecular formula is C35H61N9O6. The highest BCUT2D eigenvalue weighted by Crippen LogP contribution is 2.27. The molecule has 0 radical (unpaired) electrons. The van der Waals surface area contributed by atoms with Crippen molar-refractivity contribution in [3.05, 3.63) is 12.3 Å².